The number of halogens is 1. The summed E-state index contributed by atoms with van der Waals surface area (Å²) in [6.07, 6.45) is 8.11. The largest absolute Gasteiger partial charge is 0.482 e. The van der Waals surface area contributed by atoms with Crippen LogP contribution in [-0.2, 0) is 20.5 Å². The Hall–Kier alpha value is -2.49. The first-order valence-electron chi connectivity index (χ1n) is 13.1. The van der Waals surface area contributed by atoms with E-state index in [9.17, 15) is 9.59 Å². The van der Waals surface area contributed by atoms with Gasteiger partial charge in [0.05, 0.1) is 23.8 Å². The van der Waals surface area contributed by atoms with Gasteiger partial charge in [0.2, 0.25) is 5.91 Å². The van der Waals surface area contributed by atoms with E-state index in [1.807, 2.05) is 24.3 Å². The van der Waals surface area contributed by atoms with Crippen LogP contribution in [0.1, 0.15) is 62.5 Å². The van der Waals surface area contributed by atoms with Gasteiger partial charge >= 0.3 is 7.12 Å². The second-order valence-corrected chi connectivity index (χ2v) is 12.3. The van der Waals surface area contributed by atoms with Crippen LogP contribution in [0.2, 0.25) is 5.02 Å². The number of rotatable bonds is 7. The Bertz CT molecular complexity index is 1210. The van der Waals surface area contributed by atoms with Crippen LogP contribution in [0.5, 0.6) is 0 Å². The van der Waals surface area contributed by atoms with E-state index in [1.165, 1.54) is 18.6 Å². The number of hydrogen-bond donors (Lipinski definition) is 2. The van der Waals surface area contributed by atoms with E-state index in [4.69, 9.17) is 20.9 Å². The average molecular weight is 523 g/mol. The third-order valence-corrected chi connectivity index (χ3v) is 9.57. The summed E-state index contributed by atoms with van der Waals surface area (Å²) in [7, 11) is -0.587. The van der Waals surface area contributed by atoms with E-state index in [2.05, 4.69) is 41.4 Å². The highest BCUT2D eigenvalue weighted by atomic mass is 35.5. The molecule has 2 N–H and O–H groups in total. The van der Waals surface area contributed by atoms with Gasteiger partial charge in [-0.3, -0.25) is 14.6 Å². The smallest absolute Gasteiger partial charge is 0.404 e. The average Bonchev–Trinajstić information content (AvgIpc) is 3.57. The molecule has 0 spiro atoms. The number of carbonyl (C=O) groups excluding carboxylic acids is 2. The van der Waals surface area contributed by atoms with Gasteiger partial charge in [-0.05, 0) is 74.0 Å². The minimum absolute atomic E-state index is 0.00476. The molecule has 37 heavy (non-hydrogen) atoms. The summed E-state index contributed by atoms with van der Waals surface area (Å²) in [5.74, 6) is -0.0262. The Kier molecular flexibility index (Phi) is 5.89. The number of nitrogens with one attached hydrogen (secondary N) is 2. The summed E-state index contributed by atoms with van der Waals surface area (Å²) in [5.41, 5.74) is 0.0660. The Labute approximate surface area is 222 Å². The lowest BCUT2D eigenvalue weighted by Crippen LogP contribution is -2.65. The predicted octanol–water partition coefficient (Wildman–Crippen LogP) is 3.39. The number of carbonyl (C=O) groups is 2. The van der Waals surface area contributed by atoms with Crippen LogP contribution in [0.15, 0.2) is 42.9 Å². The number of aromatic nitrogens is 2. The van der Waals surface area contributed by atoms with Crippen molar-refractivity contribution >= 4 is 30.5 Å². The summed E-state index contributed by atoms with van der Waals surface area (Å²) in [6, 6.07) is 7.59. The molecule has 1 aliphatic heterocycles. The molecular weight excluding hydrogens is 491 g/mol. The molecule has 8 nitrogen and oxygen atoms in total. The van der Waals surface area contributed by atoms with Gasteiger partial charge in [-0.1, -0.05) is 37.6 Å². The maximum absolute atomic E-state index is 13.6. The Balaban J connectivity index is 1.21. The van der Waals surface area contributed by atoms with Crippen LogP contribution in [-0.4, -0.2) is 52.1 Å². The summed E-state index contributed by atoms with van der Waals surface area (Å²) >= 11 is 6.11. The fourth-order valence-corrected chi connectivity index (χ4v) is 6.82. The lowest BCUT2D eigenvalue weighted by atomic mass is 9.43. The second-order valence-electron chi connectivity index (χ2n) is 11.9. The van der Waals surface area contributed by atoms with Gasteiger partial charge in [-0.15, -0.1) is 0 Å². The number of nitrogens with zero attached hydrogens (tertiary/aromatic N) is 2. The SMILES string of the molecule is CC1(C)C2C[C@H]3OB([C@H](Cc4ccc(Cl)cc4)NC(=O)C4(NC(=O)c5cnccn5)CC4)O[C@@]3(C)[C@H]1C2. The molecule has 7 rings (SSSR count). The molecule has 2 bridgehead atoms. The lowest BCUT2D eigenvalue weighted by molar-refractivity contribution is -0.199. The van der Waals surface area contributed by atoms with Crippen molar-refractivity contribution in [1.82, 2.24) is 20.6 Å². The fourth-order valence-electron chi connectivity index (χ4n) is 6.70. The standard InChI is InChI=1S/C27H32BClN4O4/c1-25(2)17-13-20(25)26(3)21(14-17)36-28(37-26)22(12-16-4-6-18(29)7-5-16)32-24(35)27(8-9-27)33-23(34)19-15-30-10-11-31-19/h4-7,10-11,15,17,20-22H,8-9,12-14H2,1-3H3,(H,32,35)(H,33,34)/t17?,20-,21+,22-,26-/m0/s1. The maximum atomic E-state index is 13.6. The minimum atomic E-state index is -0.967. The van der Waals surface area contributed by atoms with E-state index in [1.54, 1.807) is 0 Å². The van der Waals surface area contributed by atoms with Crippen LogP contribution >= 0.6 is 11.6 Å². The molecule has 5 fully saturated rings. The molecular formula is C27H32BClN4O4. The number of benzene rings is 1. The molecule has 4 saturated carbocycles. The van der Waals surface area contributed by atoms with Gasteiger partial charge in [-0.25, -0.2) is 4.98 Å². The van der Waals surface area contributed by atoms with Crippen LogP contribution < -0.4 is 10.6 Å². The van der Waals surface area contributed by atoms with Crippen molar-refractivity contribution in [1.29, 1.82) is 0 Å². The van der Waals surface area contributed by atoms with Crippen LogP contribution in [0.4, 0.5) is 0 Å². The number of hydrogen-bond acceptors (Lipinski definition) is 6. The molecule has 2 heterocycles. The summed E-state index contributed by atoms with van der Waals surface area (Å²) < 4.78 is 13.2. The molecule has 1 aromatic carbocycles. The van der Waals surface area contributed by atoms with Crippen molar-refractivity contribution in [2.75, 3.05) is 0 Å². The molecule has 194 valence electrons. The molecule has 10 heteroatoms. The maximum Gasteiger partial charge on any atom is 0.482 e. The molecule has 0 radical (unpaired) electrons. The molecule has 2 amide bonds. The molecule has 1 aromatic heterocycles. The van der Waals surface area contributed by atoms with Crippen molar-refractivity contribution in [3.63, 3.8) is 0 Å². The van der Waals surface area contributed by atoms with Gasteiger partial charge in [0.1, 0.15) is 11.2 Å². The minimum Gasteiger partial charge on any atom is -0.404 e. The predicted molar refractivity (Wildman–Crippen MR) is 139 cm³/mol. The summed E-state index contributed by atoms with van der Waals surface area (Å²) in [5, 5.41) is 6.72. The second kappa shape index (κ2) is 8.78. The van der Waals surface area contributed by atoms with Gasteiger partial charge in [0, 0.05) is 17.4 Å². The van der Waals surface area contributed by atoms with E-state index < -0.39 is 24.5 Å². The lowest BCUT2D eigenvalue weighted by Gasteiger charge is -2.64. The summed E-state index contributed by atoms with van der Waals surface area (Å²) in [4.78, 5) is 34.3. The highest BCUT2D eigenvalue weighted by Gasteiger charge is 2.68. The van der Waals surface area contributed by atoms with E-state index in [-0.39, 0.29) is 28.7 Å². The first-order valence-corrected chi connectivity index (χ1v) is 13.5. The van der Waals surface area contributed by atoms with Crippen LogP contribution in [0.3, 0.4) is 0 Å². The first kappa shape index (κ1) is 24.8. The van der Waals surface area contributed by atoms with Crippen LogP contribution in [0, 0.1) is 17.3 Å². The molecule has 4 aliphatic carbocycles. The van der Waals surface area contributed by atoms with Crippen molar-refractivity contribution in [2.45, 2.75) is 76.1 Å². The third kappa shape index (κ3) is 4.25. The normalized spacial score (nSPS) is 31.0. The van der Waals surface area contributed by atoms with Crippen molar-refractivity contribution in [3.05, 3.63) is 59.1 Å². The highest BCUT2D eigenvalue weighted by Crippen LogP contribution is 2.65. The van der Waals surface area contributed by atoms with Crippen molar-refractivity contribution < 1.29 is 18.9 Å². The molecule has 1 unspecified atom stereocenters. The van der Waals surface area contributed by atoms with Gasteiger partial charge in [0.25, 0.3) is 5.91 Å². The van der Waals surface area contributed by atoms with E-state index in [0.29, 0.717) is 36.1 Å². The monoisotopic (exact) mass is 522 g/mol. The zero-order valence-corrected chi connectivity index (χ0v) is 22.1. The van der Waals surface area contributed by atoms with Gasteiger partial charge in [-0.2, -0.15) is 0 Å². The quantitative estimate of drug-likeness (QED) is 0.541. The van der Waals surface area contributed by atoms with Crippen molar-refractivity contribution in [2.24, 2.45) is 17.3 Å². The fraction of sp³-hybridized carbons (Fsp3) is 0.556. The summed E-state index contributed by atoms with van der Waals surface area (Å²) in [6.45, 7) is 6.82. The Morgan fingerprint density at radius 1 is 1.16 bits per heavy atom. The third-order valence-electron chi connectivity index (χ3n) is 9.32. The molecule has 5 atom stereocenters. The molecule has 1 saturated heterocycles. The van der Waals surface area contributed by atoms with Crippen LogP contribution in [0.25, 0.3) is 0 Å². The Morgan fingerprint density at radius 3 is 2.57 bits per heavy atom. The number of amides is 2. The zero-order valence-electron chi connectivity index (χ0n) is 21.4. The van der Waals surface area contributed by atoms with Crippen molar-refractivity contribution in [3.8, 4) is 0 Å². The van der Waals surface area contributed by atoms with Gasteiger partial charge < -0.3 is 19.9 Å². The molecule has 5 aliphatic rings. The zero-order chi connectivity index (χ0) is 26.0. The van der Waals surface area contributed by atoms with E-state index >= 15 is 0 Å². The van der Waals surface area contributed by atoms with Gasteiger partial charge in [0.15, 0.2) is 0 Å². The molecule has 2 aromatic rings. The Morgan fingerprint density at radius 2 is 1.92 bits per heavy atom. The van der Waals surface area contributed by atoms with E-state index in [0.717, 1.165) is 18.4 Å². The highest BCUT2D eigenvalue weighted by molar-refractivity contribution is 6.48. The topological polar surface area (TPSA) is 102 Å². The first-order chi connectivity index (χ1) is 17.6.